The number of nitriles is 1. The Morgan fingerprint density at radius 1 is 1.23 bits per heavy atom. The van der Waals surface area contributed by atoms with Gasteiger partial charge in [-0.25, -0.2) is 17.8 Å². The van der Waals surface area contributed by atoms with Gasteiger partial charge >= 0.3 is 5.69 Å². The van der Waals surface area contributed by atoms with Gasteiger partial charge in [-0.2, -0.15) is 5.26 Å². The molecular formula is C23H20ClN5O4S2. The van der Waals surface area contributed by atoms with E-state index in [1.54, 1.807) is 30.0 Å². The Balaban J connectivity index is 1.49. The zero-order valence-electron chi connectivity index (χ0n) is 18.7. The van der Waals surface area contributed by atoms with Crippen molar-refractivity contribution in [2.24, 2.45) is 0 Å². The highest BCUT2D eigenvalue weighted by atomic mass is 35.5. The van der Waals surface area contributed by atoms with Gasteiger partial charge in [-0.3, -0.25) is 9.29 Å². The van der Waals surface area contributed by atoms with Crippen LogP contribution in [-0.2, 0) is 10.0 Å². The van der Waals surface area contributed by atoms with E-state index in [1.807, 2.05) is 13.0 Å². The number of hydrogen-bond donors (Lipinski definition) is 2. The van der Waals surface area contributed by atoms with E-state index in [4.69, 9.17) is 23.8 Å². The second kappa shape index (κ2) is 8.12. The van der Waals surface area contributed by atoms with E-state index in [-0.39, 0.29) is 32.5 Å². The minimum atomic E-state index is -3.89. The summed E-state index contributed by atoms with van der Waals surface area (Å²) >= 11 is 11.7. The number of benzene rings is 2. The molecule has 5 rings (SSSR count). The van der Waals surface area contributed by atoms with Crippen LogP contribution >= 0.6 is 23.8 Å². The molecule has 1 unspecified atom stereocenters. The molecule has 3 aromatic rings. The molecule has 180 valence electrons. The van der Waals surface area contributed by atoms with Crippen molar-refractivity contribution in [3.8, 4) is 17.6 Å². The summed E-state index contributed by atoms with van der Waals surface area (Å²) in [6.07, 6.45) is 0.512. The largest absolute Gasteiger partial charge is 0.493 e. The molecule has 0 radical (unpaired) electrons. The van der Waals surface area contributed by atoms with Gasteiger partial charge in [0.25, 0.3) is 10.0 Å². The lowest BCUT2D eigenvalue weighted by atomic mass is 10.1. The van der Waals surface area contributed by atoms with Crippen molar-refractivity contribution in [2.75, 3.05) is 6.54 Å². The number of sulfonamides is 1. The third-order valence-electron chi connectivity index (χ3n) is 6.59. The van der Waals surface area contributed by atoms with Gasteiger partial charge in [-0.15, -0.1) is 0 Å². The van der Waals surface area contributed by atoms with E-state index in [0.717, 1.165) is 5.56 Å². The third-order valence-corrected chi connectivity index (χ3v) is 8.90. The number of hydrogen-bond acceptors (Lipinski definition) is 6. The van der Waals surface area contributed by atoms with E-state index in [1.165, 1.54) is 27.3 Å². The Hall–Kier alpha value is -3.33. The van der Waals surface area contributed by atoms with Crippen LogP contribution in [0.15, 0.2) is 46.1 Å². The fourth-order valence-electron chi connectivity index (χ4n) is 4.84. The van der Waals surface area contributed by atoms with Crippen molar-refractivity contribution < 1.29 is 13.5 Å². The Morgan fingerprint density at radius 3 is 2.57 bits per heavy atom. The topological polar surface area (TPSA) is 120 Å². The van der Waals surface area contributed by atoms with Crippen molar-refractivity contribution in [3.05, 3.63) is 74.3 Å². The van der Waals surface area contributed by atoms with Gasteiger partial charge in [0.2, 0.25) is 5.88 Å². The van der Waals surface area contributed by atoms with Crippen molar-refractivity contribution in [1.82, 2.24) is 18.8 Å². The number of imidazole rings is 1. The maximum absolute atomic E-state index is 13.3. The Labute approximate surface area is 211 Å². The highest BCUT2D eigenvalue weighted by Gasteiger charge is 2.48. The van der Waals surface area contributed by atoms with E-state index in [2.05, 4.69) is 4.72 Å². The summed E-state index contributed by atoms with van der Waals surface area (Å²) in [5.41, 5.74) is 1.98. The molecule has 35 heavy (non-hydrogen) atoms. The molecular weight excluding hydrogens is 510 g/mol. The average molecular weight is 530 g/mol. The number of thiocarbonyl (C=S) groups is 1. The lowest BCUT2D eigenvalue weighted by molar-refractivity contribution is 0.337. The number of nitrogens with zero attached hydrogens (tertiary/aromatic N) is 4. The summed E-state index contributed by atoms with van der Waals surface area (Å²) in [6, 6.07) is 10.7. The molecule has 3 heterocycles. The summed E-state index contributed by atoms with van der Waals surface area (Å²) < 4.78 is 30.8. The fourth-order valence-corrected chi connectivity index (χ4v) is 6.53. The number of likely N-dealkylation sites (tertiary alicyclic amines) is 1. The van der Waals surface area contributed by atoms with Gasteiger partial charge in [0, 0.05) is 6.54 Å². The van der Waals surface area contributed by atoms with Crippen molar-refractivity contribution in [3.63, 3.8) is 0 Å². The van der Waals surface area contributed by atoms with Gasteiger partial charge in [-0.05, 0) is 62.3 Å². The molecule has 9 nitrogen and oxygen atoms in total. The minimum Gasteiger partial charge on any atom is -0.493 e. The maximum Gasteiger partial charge on any atom is 0.336 e. The summed E-state index contributed by atoms with van der Waals surface area (Å²) in [6.45, 7) is 3.85. The van der Waals surface area contributed by atoms with E-state index in [9.17, 15) is 23.6 Å². The quantitative estimate of drug-likeness (QED) is 0.500. The summed E-state index contributed by atoms with van der Waals surface area (Å²) in [4.78, 5) is 15.1. The molecule has 0 spiro atoms. The standard InChI is InChI=1S/C23H20ClN5O4S2/c1-12-3-6-16(7-4-12)35(32,33)26-22(34)27-11-15-9-18(27)20-21(30)29(23(31)28(15)20)17-8-5-14(10-25)19(24)13(17)2/h3-8,15,18,30H,9,11H2,1-2H3,(H,26,34)/t15-,18?/m1/s1. The Bertz CT molecular complexity index is 1600. The first kappa shape index (κ1) is 23.4. The highest BCUT2D eigenvalue weighted by Crippen LogP contribution is 2.48. The molecule has 2 atom stereocenters. The summed E-state index contributed by atoms with van der Waals surface area (Å²) in [5.74, 6) is -0.264. The van der Waals surface area contributed by atoms with Crippen LogP contribution in [-0.4, -0.2) is 39.2 Å². The molecule has 1 saturated heterocycles. The maximum atomic E-state index is 13.3. The summed E-state index contributed by atoms with van der Waals surface area (Å²) in [7, 11) is -3.89. The molecule has 1 aromatic heterocycles. The number of halogens is 1. The molecule has 0 amide bonds. The van der Waals surface area contributed by atoms with Gasteiger partial charge in [0.1, 0.15) is 11.8 Å². The van der Waals surface area contributed by atoms with Crippen molar-refractivity contribution in [2.45, 2.75) is 37.2 Å². The normalized spacial score (nSPS) is 18.4. The molecule has 2 bridgehead atoms. The Morgan fingerprint density at radius 2 is 1.91 bits per heavy atom. The van der Waals surface area contributed by atoms with Crippen LogP contribution in [0.4, 0.5) is 0 Å². The first-order chi connectivity index (χ1) is 16.5. The van der Waals surface area contributed by atoms with Crippen LogP contribution in [0.25, 0.3) is 5.69 Å². The predicted molar refractivity (Wildman–Crippen MR) is 133 cm³/mol. The van der Waals surface area contributed by atoms with Gasteiger partial charge < -0.3 is 10.0 Å². The number of aryl methyl sites for hydroxylation is 1. The van der Waals surface area contributed by atoms with Gasteiger partial charge in [0.05, 0.1) is 33.3 Å². The third kappa shape index (κ3) is 3.52. The van der Waals surface area contributed by atoms with Gasteiger partial charge in [0.15, 0.2) is 5.11 Å². The predicted octanol–water partition coefficient (Wildman–Crippen LogP) is 3.05. The van der Waals surface area contributed by atoms with E-state index >= 15 is 0 Å². The van der Waals surface area contributed by atoms with Crippen molar-refractivity contribution >= 4 is 39.0 Å². The molecule has 12 heteroatoms. The zero-order chi connectivity index (χ0) is 25.2. The SMILES string of the molecule is Cc1ccc(S(=O)(=O)NC(=S)N2C[C@H]3CC2c2c(O)n(-c4ccc(C#N)c(Cl)c4C)c(=O)n23)cc1. The van der Waals surface area contributed by atoms with Crippen LogP contribution < -0.4 is 10.4 Å². The van der Waals surface area contributed by atoms with Crippen LogP contribution in [0, 0.1) is 25.2 Å². The van der Waals surface area contributed by atoms with E-state index in [0.29, 0.717) is 29.9 Å². The lowest BCUT2D eigenvalue weighted by Gasteiger charge is -2.29. The number of aromatic hydroxyl groups is 1. The van der Waals surface area contributed by atoms with Crippen LogP contribution in [0.5, 0.6) is 5.88 Å². The molecule has 2 N–H and O–H groups in total. The van der Waals surface area contributed by atoms with Crippen molar-refractivity contribution in [1.29, 1.82) is 5.26 Å². The second-order valence-electron chi connectivity index (χ2n) is 8.66. The molecule has 1 fully saturated rings. The smallest absolute Gasteiger partial charge is 0.336 e. The molecule has 0 aliphatic carbocycles. The monoisotopic (exact) mass is 529 g/mol. The lowest BCUT2D eigenvalue weighted by Crippen LogP contribution is -2.45. The van der Waals surface area contributed by atoms with Crippen LogP contribution in [0.3, 0.4) is 0 Å². The Kier molecular flexibility index (Phi) is 5.43. The van der Waals surface area contributed by atoms with E-state index < -0.39 is 21.8 Å². The number of aromatic nitrogens is 2. The fraction of sp³-hybridized carbons (Fsp3) is 0.261. The molecule has 2 aliphatic heterocycles. The van der Waals surface area contributed by atoms with Crippen LogP contribution in [0.1, 0.15) is 40.9 Å². The molecule has 2 aromatic carbocycles. The number of fused-ring (bicyclic) bond motifs is 5. The summed E-state index contributed by atoms with van der Waals surface area (Å²) in [5, 5.41) is 20.5. The van der Waals surface area contributed by atoms with Gasteiger partial charge in [-0.1, -0.05) is 29.3 Å². The van der Waals surface area contributed by atoms with Crippen LogP contribution in [0.2, 0.25) is 5.02 Å². The average Bonchev–Trinajstić information content (AvgIpc) is 3.47. The molecule has 2 aliphatic rings. The molecule has 0 saturated carbocycles. The number of rotatable bonds is 3. The minimum absolute atomic E-state index is 0.00141. The second-order valence-corrected chi connectivity index (χ2v) is 11.1. The first-order valence-corrected chi connectivity index (χ1v) is 13.0. The first-order valence-electron chi connectivity index (χ1n) is 10.7. The zero-order valence-corrected chi connectivity index (χ0v) is 21.1. The number of nitrogens with one attached hydrogen (secondary N) is 1. The highest BCUT2D eigenvalue weighted by molar-refractivity contribution is 7.91.